The van der Waals surface area contributed by atoms with E-state index in [1.165, 1.54) is 0 Å². The largest absolute Gasteiger partial charge is 0.416 e. The first-order valence-corrected chi connectivity index (χ1v) is 28.1. The van der Waals surface area contributed by atoms with Gasteiger partial charge in [0, 0.05) is 55.9 Å². The van der Waals surface area contributed by atoms with Crippen molar-refractivity contribution in [1.82, 2.24) is 20.4 Å². The van der Waals surface area contributed by atoms with Gasteiger partial charge in [0.2, 0.25) is 11.8 Å². The second-order valence-electron chi connectivity index (χ2n) is 15.1. The highest BCUT2D eigenvalue weighted by atomic mass is 79.9. The highest BCUT2D eigenvalue weighted by Gasteiger charge is 2.27. The maximum Gasteiger partial charge on any atom is 0.250 e. The molecule has 0 aliphatic heterocycles. The zero-order valence-electron chi connectivity index (χ0n) is 34.2. The lowest BCUT2D eigenvalue weighted by Gasteiger charge is -2.19. The smallest absolute Gasteiger partial charge is 0.250 e. The molecule has 16 heteroatoms. The topological polar surface area (TPSA) is 77.8 Å². The lowest BCUT2D eigenvalue weighted by atomic mass is 9.85. The maximum atomic E-state index is 6.52. The van der Waals surface area contributed by atoms with Gasteiger partial charge >= 0.3 is 0 Å². The molecule has 0 bridgehead atoms. The SMILES string of the molecule is Brc1c(Br)c(Br)c(-c2nnc(-c3ccc(-c4ccc(-c5nnc(-c6c(Br)c(Br)c(Br)c(Br)c6Br)o5)cc4-c4ccccc4-c4ccccc4)c(-c4ccc(-c5ccccc5)cc4)c3)o2)c(Br)c1Br. The molecule has 68 heavy (non-hydrogen) atoms. The highest BCUT2D eigenvalue weighted by molar-refractivity contribution is 9.16. The molecule has 2 aromatic heterocycles. The van der Waals surface area contributed by atoms with Crippen LogP contribution < -0.4 is 0 Å². The van der Waals surface area contributed by atoms with Crippen molar-refractivity contribution in [3.63, 3.8) is 0 Å². The molecule has 10 aromatic rings. The number of hydrogen-bond acceptors (Lipinski definition) is 6. The first-order valence-electron chi connectivity index (χ1n) is 20.2. The predicted molar refractivity (Wildman–Crippen MR) is 308 cm³/mol. The van der Waals surface area contributed by atoms with Gasteiger partial charge in [-0.3, -0.25) is 0 Å². The van der Waals surface area contributed by atoms with E-state index in [9.17, 15) is 0 Å². The summed E-state index contributed by atoms with van der Waals surface area (Å²) in [6.45, 7) is 0. The Labute approximate surface area is 474 Å². The Morgan fingerprint density at radius 2 is 0.544 bits per heavy atom. The molecule has 8 aromatic carbocycles. The maximum absolute atomic E-state index is 6.52. The van der Waals surface area contributed by atoms with E-state index in [0.29, 0.717) is 34.7 Å². The zero-order chi connectivity index (χ0) is 47.4. The summed E-state index contributed by atoms with van der Waals surface area (Å²) in [6, 6.07) is 50.5. The summed E-state index contributed by atoms with van der Waals surface area (Å²) in [6.07, 6.45) is 0. The molecule has 6 nitrogen and oxygen atoms in total. The second kappa shape index (κ2) is 20.5. The molecule has 0 radical (unpaired) electrons. The van der Waals surface area contributed by atoms with Crippen molar-refractivity contribution < 1.29 is 8.83 Å². The molecule has 0 spiro atoms. The van der Waals surface area contributed by atoms with Gasteiger partial charge in [0.15, 0.2) is 0 Å². The van der Waals surface area contributed by atoms with Crippen LogP contribution in [0, 0.1) is 0 Å². The molecule has 10 rings (SSSR count). The van der Waals surface area contributed by atoms with Gasteiger partial charge in [0.1, 0.15) is 0 Å². The third-order valence-corrected chi connectivity index (χ3v) is 23.3. The van der Waals surface area contributed by atoms with E-state index in [1.54, 1.807) is 0 Å². The fourth-order valence-corrected chi connectivity index (χ4v) is 14.6. The van der Waals surface area contributed by atoms with Crippen molar-refractivity contribution in [3.8, 4) is 101 Å². The van der Waals surface area contributed by atoms with Gasteiger partial charge in [-0.15, -0.1) is 20.4 Å². The molecule has 0 unspecified atom stereocenters. The summed E-state index contributed by atoms with van der Waals surface area (Å²) in [5, 5.41) is 18.3. The Bertz CT molecular complexity index is 3520. The van der Waals surface area contributed by atoms with Crippen LogP contribution >= 0.6 is 159 Å². The van der Waals surface area contributed by atoms with E-state index >= 15 is 0 Å². The van der Waals surface area contributed by atoms with E-state index in [0.717, 1.165) is 111 Å². The molecular weight excluding hydrogens is 1510 g/mol. The first-order chi connectivity index (χ1) is 32.9. The monoisotopic (exact) mass is 1530 g/mol. The summed E-state index contributed by atoms with van der Waals surface area (Å²) in [5.41, 5.74) is 13.2. The van der Waals surface area contributed by atoms with Gasteiger partial charge in [0.05, 0.1) is 11.1 Å². The summed E-state index contributed by atoms with van der Waals surface area (Å²) in [5.74, 6) is 1.40. The molecule has 0 saturated carbocycles. The fourth-order valence-electron chi connectivity index (χ4n) is 7.81. The first kappa shape index (κ1) is 48.5. The Morgan fingerprint density at radius 3 is 1.03 bits per heavy atom. The Hall–Kier alpha value is -3.16. The van der Waals surface area contributed by atoms with Crippen LogP contribution in [0.3, 0.4) is 0 Å². The van der Waals surface area contributed by atoms with Crippen molar-refractivity contribution in [1.29, 1.82) is 0 Å². The van der Waals surface area contributed by atoms with Crippen LogP contribution in [0.2, 0.25) is 0 Å². The van der Waals surface area contributed by atoms with Crippen molar-refractivity contribution in [3.05, 3.63) is 190 Å². The number of aromatic nitrogens is 4. The lowest BCUT2D eigenvalue weighted by Crippen LogP contribution is -1.94. The van der Waals surface area contributed by atoms with Gasteiger partial charge in [-0.25, -0.2) is 0 Å². The van der Waals surface area contributed by atoms with Crippen molar-refractivity contribution in [2.45, 2.75) is 0 Å². The average molecular weight is 1540 g/mol. The minimum absolute atomic E-state index is 0.337. The third-order valence-electron chi connectivity index (χ3n) is 11.1. The summed E-state index contributed by atoms with van der Waals surface area (Å²) in [4.78, 5) is 0. The van der Waals surface area contributed by atoms with Crippen molar-refractivity contribution >= 4 is 159 Å². The molecule has 0 amide bonds. The van der Waals surface area contributed by atoms with E-state index in [2.05, 4.69) is 301 Å². The van der Waals surface area contributed by atoms with Crippen molar-refractivity contribution in [2.75, 3.05) is 0 Å². The van der Waals surface area contributed by atoms with E-state index < -0.39 is 0 Å². The Morgan fingerprint density at radius 1 is 0.235 bits per heavy atom. The molecule has 334 valence electrons. The van der Waals surface area contributed by atoms with E-state index in [1.807, 2.05) is 24.3 Å². The Balaban J connectivity index is 1.17. The van der Waals surface area contributed by atoms with Crippen LogP contribution in [0.25, 0.3) is 101 Å². The van der Waals surface area contributed by atoms with Crippen LogP contribution in [0.5, 0.6) is 0 Å². The van der Waals surface area contributed by atoms with Gasteiger partial charge < -0.3 is 8.83 Å². The van der Waals surface area contributed by atoms with Crippen LogP contribution in [0.4, 0.5) is 0 Å². The summed E-state index contributed by atoms with van der Waals surface area (Å²) >= 11 is 36.9. The molecule has 2 heterocycles. The minimum Gasteiger partial charge on any atom is -0.416 e. The molecular formula is C52H24Br10N4O2. The lowest BCUT2D eigenvalue weighted by molar-refractivity contribution is 0.583. The fraction of sp³-hybridized carbons (Fsp3) is 0. The summed E-state index contributed by atoms with van der Waals surface area (Å²) in [7, 11) is 0. The van der Waals surface area contributed by atoms with E-state index in [-0.39, 0.29) is 0 Å². The number of rotatable bonds is 9. The van der Waals surface area contributed by atoms with Crippen LogP contribution in [0.15, 0.2) is 199 Å². The van der Waals surface area contributed by atoms with Gasteiger partial charge in [-0.2, -0.15) is 0 Å². The predicted octanol–water partition coefficient (Wildman–Crippen LogP) is 21.1. The normalized spacial score (nSPS) is 11.4. The van der Waals surface area contributed by atoms with Crippen LogP contribution in [-0.2, 0) is 0 Å². The highest BCUT2D eigenvalue weighted by Crippen LogP contribution is 2.51. The zero-order valence-corrected chi connectivity index (χ0v) is 50.1. The van der Waals surface area contributed by atoms with Crippen LogP contribution in [0.1, 0.15) is 0 Å². The van der Waals surface area contributed by atoms with Crippen molar-refractivity contribution in [2.24, 2.45) is 0 Å². The molecule has 0 N–H and O–H groups in total. The average Bonchev–Trinajstić information content (AvgIpc) is 4.08. The number of halogens is 10. The quantitative estimate of drug-likeness (QED) is 0.106. The Kier molecular flexibility index (Phi) is 14.6. The standard InChI is InChI=1S/C52H24Br10N4O2/c53-39-37(40(54)44(58)47(61)43(39)57)51-65-63-49(67-51)29-19-21-33(35(23-29)28-17-15-26(16-18-28)25-9-3-1-4-10-25)34-22-20-30(24-36(34)32-14-8-7-13-31(32)27-11-5-2-6-12-27)50-64-66-52(68-50)38-41(55)45(59)48(62)46(60)42(38)56/h1-24H. The number of nitrogens with zero attached hydrogens (tertiary/aromatic N) is 4. The molecule has 0 aliphatic carbocycles. The van der Waals surface area contributed by atoms with Crippen LogP contribution in [-0.4, -0.2) is 20.4 Å². The second-order valence-corrected chi connectivity index (χ2v) is 23.0. The molecule has 0 saturated heterocycles. The minimum atomic E-state index is 0.337. The third kappa shape index (κ3) is 9.17. The number of hydrogen-bond donors (Lipinski definition) is 0. The molecule has 0 aliphatic rings. The van der Waals surface area contributed by atoms with Gasteiger partial charge in [0.25, 0.3) is 11.8 Å². The van der Waals surface area contributed by atoms with Gasteiger partial charge in [-0.05, 0) is 239 Å². The molecule has 0 fully saturated rings. The van der Waals surface area contributed by atoms with Gasteiger partial charge in [-0.1, -0.05) is 121 Å². The van der Waals surface area contributed by atoms with E-state index in [4.69, 9.17) is 8.83 Å². The number of benzene rings is 8. The summed E-state index contributed by atoms with van der Waals surface area (Å²) < 4.78 is 20.9. The molecule has 0 atom stereocenters.